The Morgan fingerprint density at radius 1 is 1.10 bits per heavy atom. The Balaban J connectivity index is 2.05. The monoisotopic (exact) mass is 427 g/mol. The van der Waals surface area contributed by atoms with Crippen molar-refractivity contribution in [3.05, 3.63) is 0 Å². The summed E-state index contributed by atoms with van der Waals surface area (Å²) in [4.78, 5) is 27.2. The normalized spacial score (nSPS) is 32.4. The molecule has 7 heteroatoms. The average Bonchev–Trinajstić information content (AvgIpc) is 2.54. The van der Waals surface area contributed by atoms with Crippen molar-refractivity contribution in [1.82, 2.24) is 4.90 Å². The topological polar surface area (TPSA) is 66.8 Å². The molecular formula is C22H43N2O4Si+. The number of amides is 2. The molecule has 6 nitrogen and oxygen atoms in total. The number of hydrogen-bond acceptors (Lipinski definition) is 3. The van der Waals surface area contributed by atoms with E-state index in [-0.39, 0.29) is 40.2 Å². The Morgan fingerprint density at radius 3 is 2.03 bits per heavy atom. The molecule has 2 atom stereocenters. The molecule has 2 amide bonds. The van der Waals surface area contributed by atoms with Crippen LogP contribution in [-0.2, 0) is 9.22 Å². The first-order valence-corrected chi connectivity index (χ1v) is 14.0. The van der Waals surface area contributed by atoms with Gasteiger partial charge in [-0.3, -0.25) is 4.79 Å². The first-order valence-electron chi connectivity index (χ1n) is 11.1. The van der Waals surface area contributed by atoms with Gasteiger partial charge in [0.05, 0.1) is 6.54 Å². The van der Waals surface area contributed by atoms with Gasteiger partial charge in [0.15, 0.2) is 14.9 Å². The fraction of sp³-hybridized carbons (Fsp3) is 0.909. The van der Waals surface area contributed by atoms with Crippen LogP contribution in [0.5, 0.6) is 0 Å². The van der Waals surface area contributed by atoms with Crippen LogP contribution in [0.25, 0.3) is 0 Å². The van der Waals surface area contributed by atoms with Crippen molar-refractivity contribution in [2.45, 2.75) is 116 Å². The van der Waals surface area contributed by atoms with Crippen molar-refractivity contribution >= 4 is 20.3 Å². The molecule has 0 aromatic rings. The van der Waals surface area contributed by atoms with Gasteiger partial charge < -0.3 is 14.4 Å². The van der Waals surface area contributed by atoms with Gasteiger partial charge in [0.1, 0.15) is 11.6 Å². The van der Waals surface area contributed by atoms with Crippen molar-refractivity contribution in [3.8, 4) is 0 Å². The summed E-state index contributed by atoms with van der Waals surface area (Å²) >= 11 is 0. The predicted octanol–water partition coefficient (Wildman–Crippen LogP) is 4.84. The Labute approximate surface area is 178 Å². The molecule has 0 bridgehead atoms. The van der Waals surface area contributed by atoms with Gasteiger partial charge in [0.2, 0.25) is 0 Å². The van der Waals surface area contributed by atoms with E-state index >= 15 is 0 Å². The number of hydrogen-bond donors (Lipinski definition) is 1. The molecule has 2 rings (SSSR count). The fourth-order valence-corrected chi connectivity index (χ4v) is 6.27. The van der Waals surface area contributed by atoms with Crippen molar-refractivity contribution in [3.63, 3.8) is 0 Å². The highest BCUT2D eigenvalue weighted by Gasteiger charge is 2.57. The number of rotatable bonds is 3. The van der Waals surface area contributed by atoms with Gasteiger partial charge in [0, 0.05) is 12.1 Å². The van der Waals surface area contributed by atoms with Crippen LogP contribution in [0, 0.1) is 0 Å². The van der Waals surface area contributed by atoms with E-state index in [9.17, 15) is 14.7 Å². The van der Waals surface area contributed by atoms with E-state index in [0.29, 0.717) is 6.54 Å². The summed E-state index contributed by atoms with van der Waals surface area (Å²) in [6.07, 6.45) is 3.24. The molecule has 1 heterocycles. The molecule has 0 spiro atoms. The van der Waals surface area contributed by atoms with Crippen LogP contribution in [0.1, 0.15) is 74.1 Å². The highest BCUT2D eigenvalue weighted by Crippen LogP contribution is 2.40. The van der Waals surface area contributed by atoms with Crippen LogP contribution in [0.3, 0.4) is 0 Å². The maximum Gasteiger partial charge on any atom is 0.514 e. The second-order valence-electron chi connectivity index (χ2n) is 11.7. The molecule has 1 saturated carbocycles. The molecule has 0 radical (unpaired) electrons. The predicted molar refractivity (Wildman–Crippen MR) is 118 cm³/mol. The average molecular weight is 428 g/mol. The lowest BCUT2D eigenvalue weighted by Gasteiger charge is -2.53. The van der Waals surface area contributed by atoms with E-state index in [1.54, 1.807) is 0 Å². The number of carbonyl (C=O) groups is 2. The van der Waals surface area contributed by atoms with Crippen molar-refractivity contribution in [2.24, 2.45) is 0 Å². The van der Waals surface area contributed by atoms with E-state index in [1.807, 2.05) is 32.6 Å². The maximum atomic E-state index is 13.1. The van der Waals surface area contributed by atoms with E-state index in [0.717, 1.165) is 25.7 Å². The molecule has 0 aromatic heterocycles. The van der Waals surface area contributed by atoms with Crippen LogP contribution in [0.15, 0.2) is 0 Å². The van der Waals surface area contributed by atoms with Gasteiger partial charge in [-0.1, -0.05) is 20.8 Å². The van der Waals surface area contributed by atoms with Gasteiger partial charge in [-0.25, -0.2) is 4.48 Å². The van der Waals surface area contributed by atoms with Crippen LogP contribution < -0.4 is 0 Å². The summed E-state index contributed by atoms with van der Waals surface area (Å²) in [6.45, 7) is 19.7. The van der Waals surface area contributed by atoms with Crippen LogP contribution >= 0.6 is 0 Å². The second kappa shape index (κ2) is 7.97. The first kappa shape index (κ1) is 24.3. The minimum atomic E-state index is -1.78. The van der Waals surface area contributed by atoms with Gasteiger partial charge in [-0.15, -0.1) is 0 Å². The Morgan fingerprint density at radius 2 is 1.62 bits per heavy atom. The zero-order valence-electron chi connectivity index (χ0n) is 20.0. The van der Waals surface area contributed by atoms with E-state index in [4.69, 9.17) is 4.43 Å². The highest BCUT2D eigenvalue weighted by molar-refractivity contribution is 6.74. The molecule has 1 aliphatic heterocycles. The molecule has 29 heavy (non-hydrogen) atoms. The van der Waals surface area contributed by atoms with Crippen molar-refractivity contribution in [1.29, 1.82) is 0 Å². The largest absolute Gasteiger partial charge is 0.514 e. The molecule has 1 saturated heterocycles. The third kappa shape index (κ3) is 4.56. The summed E-state index contributed by atoms with van der Waals surface area (Å²) < 4.78 is 6.40. The Kier molecular flexibility index (Phi) is 6.69. The standard InChI is InChI=1S/C22H42N2O4Si/c1-16-14-23(19(25)15-24(16,20(26)27)21(2,3)4)17-10-12-18(13-11-17)28-29(8,9)22(5,6)7/h16-18H,10-15H2,1-9H3/p+1/t16-,17?,18?,24+/m1/s1. The highest BCUT2D eigenvalue weighted by atomic mass is 28.4. The number of carboxylic acid groups (broad SMARTS) is 1. The lowest BCUT2D eigenvalue weighted by Crippen LogP contribution is -2.75. The lowest BCUT2D eigenvalue weighted by molar-refractivity contribution is -0.920. The quantitative estimate of drug-likeness (QED) is 0.517. The van der Waals surface area contributed by atoms with Crippen LogP contribution in [0.4, 0.5) is 4.79 Å². The summed E-state index contributed by atoms with van der Waals surface area (Å²) in [7, 11) is -1.78. The third-order valence-corrected chi connectivity index (χ3v) is 12.3. The van der Waals surface area contributed by atoms with E-state index in [1.165, 1.54) is 0 Å². The molecular weight excluding hydrogens is 384 g/mol. The van der Waals surface area contributed by atoms with E-state index < -0.39 is 19.9 Å². The van der Waals surface area contributed by atoms with E-state index in [2.05, 4.69) is 33.9 Å². The molecule has 0 unspecified atom stereocenters. The SMILES string of the molecule is C[C@@H]1CN(C2CCC(O[Si](C)(C)C(C)(C)C)CC2)C(=O)C[N@+]1(C(=O)O)C(C)(C)C. The van der Waals surface area contributed by atoms with Crippen molar-refractivity contribution in [2.75, 3.05) is 13.1 Å². The molecule has 168 valence electrons. The molecule has 1 aliphatic carbocycles. The first-order chi connectivity index (χ1) is 13.0. The molecule has 2 aliphatic rings. The van der Waals surface area contributed by atoms with Crippen LogP contribution in [-0.4, -0.2) is 71.6 Å². The number of piperazine rings is 1. The fourth-order valence-electron chi connectivity index (χ4n) is 4.85. The molecule has 0 aromatic carbocycles. The van der Waals surface area contributed by atoms with Gasteiger partial charge in [0.25, 0.3) is 5.91 Å². The van der Waals surface area contributed by atoms with Crippen molar-refractivity contribution < 1.29 is 23.6 Å². The third-order valence-electron chi connectivity index (χ3n) is 7.81. The van der Waals surface area contributed by atoms with Gasteiger partial charge >= 0.3 is 6.09 Å². The van der Waals surface area contributed by atoms with Crippen LogP contribution in [0.2, 0.25) is 18.1 Å². The van der Waals surface area contributed by atoms with Gasteiger partial charge in [-0.05, 0) is 71.5 Å². The number of nitrogens with zero attached hydrogens (tertiary/aromatic N) is 2. The summed E-state index contributed by atoms with van der Waals surface area (Å²) in [5.74, 6) is -0.0193. The summed E-state index contributed by atoms with van der Waals surface area (Å²) in [5.41, 5.74) is -0.526. The summed E-state index contributed by atoms with van der Waals surface area (Å²) in [6, 6.07) is 0.0755. The second-order valence-corrected chi connectivity index (χ2v) is 16.4. The molecule has 1 N–H and O–H groups in total. The number of quaternary nitrogens is 1. The zero-order valence-corrected chi connectivity index (χ0v) is 21.0. The number of carbonyl (C=O) groups excluding carboxylic acids is 1. The smallest absolute Gasteiger partial charge is 0.435 e. The lowest BCUT2D eigenvalue weighted by atomic mass is 9.89. The zero-order chi connectivity index (χ0) is 22.4. The summed E-state index contributed by atoms with van der Waals surface area (Å²) in [5, 5.41) is 10.2. The minimum absolute atomic E-state index is 0.0193. The Bertz CT molecular complexity index is 630. The minimum Gasteiger partial charge on any atom is -0.435 e. The Hall–Kier alpha value is -0.923. The maximum absolute atomic E-state index is 13.1. The molecule has 2 fully saturated rings. The van der Waals surface area contributed by atoms with Gasteiger partial charge in [-0.2, -0.15) is 4.79 Å².